The number of nitrogens with zero attached hydrogens (tertiary/aromatic N) is 6. The zero-order chi connectivity index (χ0) is 52.9. The van der Waals surface area contributed by atoms with Crippen molar-refractivity contribution in [1.82, 2.24) is 24.8 Å². The maximum atomic E-state index is 14.7. The van der Waals surface area contributed by atoms with E-state index in [2.05, 4.69) is 16.4 Å². The lowest BCUT2D eigenvalue weighted by molar-refractivity contribution is -0.302. The summed E-state index contributed by atoms with van der Waals surface area (Å²) in [5.41, 5.74) is -2.77. The number of esters is 1. The second-order valence-corrected chi connectivity index (χ2v) is 21.8. The average molecular weight is 1010 g/mol. The molecule has 0 saturated carbocycles. The Hall–Kier alpha value is -3.23. The molecule has 20 atom stereocenters. The minimum absolute atomic E-state index is 0.168. The van der Waals surface area contributed by atoms with Gasteiger partial charge in [-0.05, 0) is 104 Å². The van der Waals surface area contributed by atoms with Crippen LogP contribution in [-0.2, 0) is 39.6 Å². The maximum absolute atomic E-state index is 14.7. The maximum Gasteiger partial charge on any atom is 0.309 e. The van der Waals surface area contributed by atoms with Crippen LogP contribution in [0.3, 0.4) is 0 Å². The number of aromatic nitrogens is 3. The highest BCUT2D eigenvalue weighted by Gasteiger charge is 2.55. The van der Waals surface area contributed by atoms with E-state index in [9.17, 15) is 40.0 Å². The summed E-state index contributed by atoms with van der Waals surface area (Å²) in [5.74, 6) is -3.27. The van der Waals surface area contributed by atoms with Gasteiger partial charge in [0.1, 0.15) is 48.8 Å². The molecule has 3 saturated heterocycles. The Balaban J connectivity index is 1.46. The molecule has 0 aliphatic carbocycles. The first-order valence-corrected chi connectivity index (χ1v) is 25.4. The highest BCUT2D eigenvalue weighted by atomic mass is 19.1. The lowest BCUT2D eigenvalue weighted by Gasteiger charge is -2.51. The fourth-order valence-electron chi connectivity index (χ4n) is 11.8. The van der Waals surface area contributed by atoms with Crippen LogP contribution >= 0.6 is 0 Å². The molecule has 0 spiro atoms. The van der Waals surface area contributed by atoms with Gasteiger partial charge in [-0.3, -0.25) is 4.79 Å². The third-order valence-electron chi connectivity index (χ3n) is 16.2. The Morgan fingerprint density at radius 1 is 1.01 bits per heavy atom. The Labute approximate surface area is 420 Å². The second-order valence-electron chi connectivity index (χ2n) is 21.8. The number of carbonyl (C=O) groups excluding carboxylic acids is 1. The van der Waals surface area contributed by atoms with Gasteiger partial charge in [-0.15, -0.1) is 5.10 Å². The summed E-state index contributed by atoms with van der Waals surface area (Å²) < 4.78 is 54.0. The molecule has 0 bridgehead atoms. The molecule has 18 nitrogen and oxygen atoms in total. The molecule has 5 N–H and O–H groups in total. The van der Waals surface area contributed by atoms with Crippen molar-refractivity contribution in [3.05, 3.63) is 47.3 Å². The van der Waals surface area contributed by atoms with Crippen molar-refractivity contribution in [2.45, 2.75) is 197 Å². The summed E-state index contributed by atoms with van der Waals surface area (Å²) in [6.45, 7) is 17.8. The summed E-state index contributed by atoms with van der Waals surface area (Å²) in [4.78, 5) is 18.5. The van der Waals surface area contributed by atoms with E-state index >= 15 is 0 Å². The van der Waals surface area contributed by atoms with Crippen molar-refractivity contribution >= 4 is 5.97 Å². The molecule has 3 aliphatic heterocycles. The number of methoxy groups -OCH3 is 2. The summed E-state index contributed by atoms with van der Waals surface area (Å²) in [5, 5.41) is 78.0. The van der Waals surface area contributed by atoms with Crippen LogP contribution in [0.1, 0.15) is 124 Å². The molecule has 4 heterocycles. The van der Waals surface area contributed by atoms with Crippen LogP contribution in [0.25, 0.3) is 0 Å². The van der Waals surface area contributed by atoms with Gasteiger partial charge in [-0.25, -0.2) is 9.07 Å². The standard InChI is InChI=1S/C52H85FN6O12/c1-15-41-52(10,65)45(61)33(6)58(12)27-29(2)23-50(8,64)47(31(4)42(32(5)48(63)70-41)40-24-51(9,67-14)46(62)34(7)69-40)71-49-43(60)38(22-30(3)68-49)57(11)21-20-37-28-59(56-55-37)39(25-53)44(66-13)36-18-16-35(26-54)17-19-36/h16-19,28-34,38-47,49,60-62,64-65H,15,20-25,27H2,1-14H3/t29-,30-,31+,32-,33-,34+,38+,39-,40-,41-,42?,43-,44-,45-,46+,47-,49+,50-,51-,52-/m1/s1. The number of carbonyl (C=O) groups is 1. The van der Waals surface area contributed by atoms with Crippen LogP contribution < -0.4 is 0 Å². The highest BCUT2D eigenvalue weighted by molar-refractivity contribution is 5.73. The number of likely N-dealkylation sites (N-methyl/N-ethyl adjacent to an activating group) is 2. The minimum atomic E-state index is -1.83. The van der Waals surface area contributed by atoms with Gasteiger partial charge in [0.2, 0.25) is 0 Å². The van der Waals surface area contributed by atoms with Crippen LogP contribution in [0.4, 0.5) is 4.39 Å². The molecule has 5 rings (SSSR count). The third-order valence-corrected chi connectivity index (χ3v) is 16.2. The third kappa shape index (κ3) is 13.2. The molecular weight excluding hydrogens is 920 g/mol. The summed E-state index contributed by atoms with van der Waals surface area (Å²) in [6, 6.07) is 6.98. The van der Waals surface area contributed by atoms with E-state index in [-0.39, 0.29) is 25.2 Å². The number of aliphatic hydroxyl groups excluding tert-OH is 3. The predicted molar refractivity (Wildman–Crippen MR) is 261 cm³/mol. The molecule has 402 valence electrons. The molecule has 0 radical (unpaired) electrons. The molecule has 0 amide bonds. The van der Waals surface area contributed by atoms with Crippen LogP contribution in [0.5, 0.6) is 0 Å². The van der Waals surface area contributed by atoms with Crippen molar-refractivity contribution in [2.24, 2.45) is 23.7 Å². The topological polar surface area (TPSA) is 235 Å². The molecule has 1 aromatic carbocycles. The number of rotatable bonds is 14. The van der Waals surface area contributed by atoms with E-state index in [0.717, 1.165) is 0 Å². The number of cyclic esters (lactones) is 1. The number of ether oxygens (including phenoxy) is 6. The molecule has 1 unspecified atom stereocenters. The van der Waals surface area contributed by atoms with Crippen molar-refractivity contribution in [3.63, 3.8) is 0 Å². The largest absolute Gasteiger partial charge is 0.459 e. The van der Waals surface area contributed by atoms with E-state index in [1.54, 1.807) is 72.0 Å². The van der Waals surface area contributed by atoms with Gasteiger partial charge in [-0.1, -0.05) is 45.0 Å². The van der Waals surface area contributed by atoms with E-state index in [4.69, 9.17) is 28.4 Å². The van der Waals surface area contributed by atoms with Gasteiger partial charge in [0.15, 0.2) is 6.29 Å². The van der Waals surface area contributed by atoms with Crippen molar-refractivity contribution in [2.75, 3.05) is 48.1 Å². The molecular formula is C52H85FN6O12. The summed E-state index contributed by atoms with van der Waals surface area (Å²) >= 11 is 0. The first-order valence-electron chi connectivity index (χ1n) is 25.4. The monoisotopic (exact) mass is 1000 g/mol. The van der Waals surface area contributed by atoms with Gasteiger partial charge >= 0.3 is 5.97 Å². The quantitative estimate of drug-likeness (QED) is 0.167. The van der Waals surface area contributed by atoms with Gasteiger partial charge in [0.25, 0.3) is 0 Å². The minimum Gasteiger partial charge on any atom is -0.459 e. The SMILES string of the molecule is CC[C@H]1OC(=O)[C@H](C)C([C@H]2C[C@@](C)(OC)[C@@H](O)[C@H](C)O2)[C@H](C)[C@@H](O[C@@H]2O[C@H](C)C[C@H](N(C)CCc3cn([C@H](CF)[C@H](OC)c4ccc(C#N)cc4)nn3)[C@H]2O)[C@](C)(O)C[C@@H](C)CN(C)[C@H](C)[C@@H](O)[C@]1(C)O. The zero-order valence-electron chi connectivity index (χ0n) is 44.5. The lowest BCUT2D eigenvalue weighted by atomic mass is 9.68. The Bertz CT molecular complexity index is 2040. The van der Waals surface area contributed by atoms with Crippen molar-refractivity contribution in [1.29, 1.82) is 5.26 Å². The van der Waals surface area contributed by atoms with E-state index in [1.165, 1.54) is 25.8 Å². The molecule has 71 heavy (non-hydrogen) atoms. The van der Waals surface area contributed by atoms with Gasteiger partial charge < -0.3 is 63.8 Å². The number of aliphatic hydroxyl groups is 5. The van der Waals surface area contributed by atoms with Gasteiger partial charge in [0, 0.05) is 64.3 Å². The number of nitriles is 1. The van der Waals surface area contributed by atoms with Crippen molar-refractivity contribution < 1.29 is 63.1 Å². The van der Waals surface area contributed by atoms with Crippen LogP contribution in [0, 0.1) is 35.0 Å². The number of hydrogen-bond donors (Lipinski definition) is 5. The van der Waals surface area contributed by atoms with Crippen LogP contribution in [0.2, 0.25) is 0 Å². The first kappa shape index (κ1) is 58.7. The average Bonchev–Trinajstić information content (AvgIpc) is 3.80. The summed E-state index contributed by atoms with van der Waals surface area (Å²) in [6.07, 6.45) is -6.38. The fraction of sp³-hybridized carbons (Fsp3) is 0.808. The predicted octanol–water partition coefficient (Wildman–Crippen LogP) is 4.15. The van der Waals surface area contributed by atoms with Crippen molar-refractivity contribution in [3.8, 4) is 6.07 Å². The number of benzene rings is 1. The van der Waals surface area contributed by atoms with E-state index in [0.29, 0.717) is 42.8 Å². The zero-order valence-corrected chi connectivity index (χ0v) is 44.5. The smallest absolute Gasteiger partial charge is 0.309 e. The molecule has 1 aromatic heterocycles. The van der Waals surface area contributed by atoms with E-state index in [1.807, 2.05) is 44.7 Å². The molecule has 3 fully saturated rings. The summed E-state index contributed by atoms with van der Waals surface area (Å²) in [7, 11) is 6.73. The highest BCUT2D eigenvalue weighted by Crippen LogP contribution is 2.45. The first-order chi connectivity index (χ1) is 33.3. The second kappa shape index (κ2) is 24.4. The number of halogens is 1. The fourth-order valence-corrected chi connectivity index (χ4v) is 11.8. The van der Waals surface area contributed by atoms with Gasteiger partial charge in [-0.2, -0.15) is 5.26 Å². The number of alkyl halides is 1. The lowest BCUT2D eigenvalue weighted by Crippen LogP contribution is -2.62. The Morgan fingerprint density at radius 2 is 1.68 bits per heavy atom. The Kier molecular flexibility index (Phi) is 20.2. The number of hydrogen-bond acceptors (Lipinski definition) is 17. The van der Waals surface area contributed by atoms with Crippen LogP contribution in [0.15, 0.2) is 30.5 Å². The molecule has 19 heteroatoms. The van der Waals surface area contributed by atoms with E-state index < -0.39 is 127 Å². The normalized spacial score (nSPS) is 40.3. The van der Waals surface area contributed by atoms with Gasteiger partial charge in [0.05, 0.1) is 58.9 Å². The molecule has 3 aliphatic rings. The molecule has 2 aromatic rings. The van der Waals surface area contributed by atoms with Crippen LogP contribution in [-0.4, -0.2) is 188 Å². The Morgan fingerprint density at radius 3 is 2.27 bits per heavy atom.